The molecule has 0 unspecified atom stereocenters. The number of anilines is 1. The monoisotopic (exact) mass is 331 g/mol. The minimum absolute atomic E-state index is 0.150. The van der Waals surface area contributed by atoms with Crippen molar-refractivity contribution in [2.45, 2.75) is 57.2 Å². The Balaban J connectivity index is 1.44. The Bertz CT molecular complexity index is 580. The van der Waals surface area contributed by atoms with Gasteiger partial charge in [0.1, 0.15) is 0 Å². The number of hydrogen-bond acceptors (Lipinski definition) is 3. The van der Waals surface area contributed by atoms with Crippen LogP contribution in [0.5, 0.6) is 0 Å². The van der Waals surface area contributed by atoms with E-state index in [1.165, 1.54) is 0 Å². The third-order valence-electron chi connectivity index (χ3n) is 4.81. The second-order valence-corrected chi connectivity index (χ2v) is 6.65. The average molecular weight is 331 g/mol. The molecular weight excluding hydrogens is 306 g/mol. The van der Waals surface area contributed by atoms with Crippen molar-refractivity contribution >= 4 is 17.6 Å². The highest BCUT2D eigenvalue weighted by Crippen LogP contribution is 2.21. The number of aliphatic hydroxyl groups is 1. The minimum Gasteiger partial charge on any atom is -0.393 e. The van der Waals surface area contributed by atoms with Gasteiger partial charge in [0.2, 0.25) is 5.91 Å². The molecular formula is C18H25N3O3. The summed E-state index contributed by atoms with van der Waals surface area (Å²) < 4.78 is 0. The summed E-state index contributed by atoms with van der Waals surface area (Å²) in [5.74, 6) is 0.179. The van der Waals surface area contributed by atoms with Crippen molar-refractivity contribution in [2.24, 2.45) is 0 Å². The molecule has 1 aliphatic carbocycles. The van der Waals surface area contributed by atoms with Gasteiger partial charge in [-0.1, -0.05) is 12.1 Å². The maximum absolute atomic E-state index is 11.9. The van der Waals surface area contributed by atoms with E-state index in [1.54, 1.807) is 4.90 Å². The zero-order chi connectivity index (χ0) is 16.9. The molecule has 1 heterocycles. The average Bonchev–Trinajstić information content (AvgIpc) is 3.02. The molecule has 6 heteroatoms. The van der Waals surface area contributed by atoms with Gasteiger partial charge in [0, 0.05) is 31.2 Å². The molecule has 1 aromatic rings. The maximum atomic E-state index is 11.9. The molecule has 3 amide bonds. The van der Waals surface area contributed by atoms with Crippen LogP contribution in [-0.2, 0) is 11.3 Å². The molecule has 1 saturated carbocycles. The lowest BCUT2D eigenvalue weighted by atomic mass is 9.93. The zero-order valence-corrected chi connectivity index (χ0v) is 13.8. The summed E-state index contributed by atoms with van der Waals surface area (Å²) in [6.07, 6.45) is 4.48. The molecule has 3 rings (SSSR count). The largest absolute Gasteiger partial charge is 0.393 e. The van der Waals surface area contributed by atoms with Gasteiger partial charge in [-0.25, -0.2) is 4.79 Å². The Hall–Kier alpha value is -2.08. The molecule has 0 aromatic heterocycles. The Labute approximate surface area is 142 Å². The highest BCUT2D eigenvalue weighted by Gasteiger charge is 2.22. The van der Waals surface area contributed by atoms with E-state index < -0.39 is 0 Å². The van der Waals surface area contributed by atoms with E-state index in [1.807, 2.05) is 24.3 Å². The third-order valence-corrected chi connectivity index (χ3v) is 4.81. The van der Waals surface area contributed by atoms with E-state index in [-0.39, 0.29) is 24.1 Å². The lowest BCUT2D eigenvalue weighted by Crippen LogP contribution is -2.43. The van der Waals surface area contributed by atoms with Gasteiger partial charge in [-0.2, -0.15) is 0 Å². The van der Waals surface area contributed by atoms with E-state index in [0.717, 1.165) is 49.9 Å². The topological polar surface area (TPSA) is 81.7 Å². The third kappa shape index (κ3) is 4.26. The fourth-order valence-electron chi connectivity index (χ4n) is 3.35. The van der Waals surface area contributed by atoms with E-state index in [9.17, 15) is 14.7 Å². The molecule has 1 aliphatic heterocycles. The van der Waals surface area contributed by atoms with Crippen molar-refractivity contribution in [3.05, 3.63) is 29.8 Å². The number of aliphatic hydroxyl groups excluding tert-OH is 1. The molecule has 130 valence electrons. The standard InChI is InChI=1S/C18H25N3O3/c22-16-9-5-14(6-10-16)20-18(24)19-12-13-3-7-15(8-4-13)21-11-1-2-17(21)23/h3-4,7-8,14,16,22H,1-2,5-6,9-12H2,(H2,19,20,24). The van der Waals surface area contributed by atoms with Gasteiger partial charge in [-0.05, 0) is 49.8 Å². The summed E-state index contributed by atoms with van der Waals surface area (Å²) in [5, 5.41) is 15.3. The van der Waals surface area contributed by atoms with Crippen LogP contribution in [0.3, 0.4) is 0 Å². The van der Waals surface area contributed by atoms with Crippen LogP contribution in [0.15, 0.2) is 24.3 Å². The van der Waals surface area contributed by atoms with Gasteiger partial charge in [0.15, 0.2) is 0 Å². The van der Waals surface area contributed by atoms with Crippen LogP contribution >= 0.6 is 0 Å². The van der Waals surface area contributed by atoms with Crippen LogP contribution in [0.4, 0.5) is 10.5 Å². The minimum atomic E-state index is -0.216. The van der Waals surface area contributed by atoms with Crippen molar-refractivity contribution in [1.29, 1.82) is 0 Å². The van der Waals surface area contributed by atoms with Gasteiger partial charge < -0.3 is 20.6 Å². The Kier molecular flexibility index (Phi) is 5.35. The van der Waals surface area contributed by atoms with Crippen LogP contribution in [0.1, 0.15) is 44.1 Å². The number of nitrogens with zero attached hydrogens (tertiary/aromatic N) is 1. The molecule has 1 saturated heterocycles. The smallest absolute Gasteiger partial charge is 0.315 e. The number of benzene rings is 1. The van der Waals surface area contributed by atoms with E-state index in [4.69, 9.17) is 0 Å². The molecule has 6 nitrogen and oxygen atoms in total. The van der Waals surface area contributed by atoms with Crippen molar-refractivity contribution in [1.82, 2.24) is 10.6 Å². The zero-order valence-electron chi connectivity index (χ0n) is 13.8. The first-order chi connectivity index (χ1) is 11.6. The lowest BCUT2D eigenvalue weighted by Gasteiger charge is -2.26. The quantitative estimate of drug-likeness (QED) is 0.788. The summed E-state index contributed by atoms with van der Waals surface area (Å²) in [5.41, 5.74) is 1.92. The molecule has 2 fully saturated rings. The SMILES string of the molecule is O=C(NCc1ccc(N2CCCC2=O)cc1)NC1CCC(O)CC1. The maximum Gasteiger partial charge on any atom is 0.315 e. The first kappa shape index (κ1) is 16.8. The Morgan fingerprint density at radius 2 is 1.88 bits per heavy atom. The number of urea groups is 1. The second kappa shape index (κ2) is 7.66. The van der Waals surface area contributed by atoms with Crippen molar-refractivity contribution in [2.75, 3.05) is 11.4 Å². The lowest BCUT2D eigenvalue weighted by molar-refractivity contribution is -0.117. The van der Waals surface area contributed by atoms with Gasteiger partial charge in [-0.3, -0.25) is 4.79 Å². The first-order valence-electron chi connectivity index (χ1n) is 8.73. The second-order valence-electron chi connectivity index (χ2n) is 6.65. The first-order valence-corrected chi connectivity index (χ1v) is 8.73. The highest BCUT2D eigenvalue weighted by molar-refractivity contribution is 5.95. The van der Waals surface area contributed by atoms with Gasteiger partial charge in [0.05, 0.1) is 6.10 Å². The fraction of sp³-hybridized carbons (Fsp3) is 0.556. The van der Waals surface area contributed by atoms with E-state index in [2.05, 4.69) is 10.6 Å². The van der Waals surface area contributed by atoms with Crippen LogP contribution in [0.2, 0.25) is 0 Å². The van der Waals surface area contributed by atoms with Crippen LogP contribution in [0, 0.1) is 0 Å². The summed E-state index contributed by atoms with van der Waals surface area (Å²) in [6.45, 7) is 1.24. The molecule has 0 atom stereocenters. The van der Waals surface area contributed by atoms with E-state index in [0.29, 0.717) is 13.0 Å². The van der Waals surface area contributed by atoms with Crippen LogP contribution < -0.4 is 15.5 Å². The Morgan fingerprint density at radius 1 is 1.17 bits per heavy atom. The number of amides is 3. The predicted molar refractivity (Wildman–Crippen MR) is 91.7 cm³/mol. The molecule has 3 N–H and O–H groups in total. The van der Waals surface area contributed by atoms with Gasteiger partial charge >= 0.3 is 6.03 Å². The number of nitrogens with one attached hydrogen (secondary N) is 2. The van der Waals surface area contributed by atoms with Gasteiger partial charge in [0.25, 0.3) is 0 Å². The van der Waals surface area contributed by atoms with E-state index >= 15 is 0 Å². The molecule has 0 bridgehead atoms. The molecule has 24 heavy (non-hydrogen) atoms. The highest BCUT2D eigenvalue weighted by atomic mass is 16.3. The van der Waals surface area contributed by atoms with Crippen LogP contribution in [0.25, 0.3) is 0 Å². The molecule has 0 spiro atoms. The molecule has 2 aliphatic rings. The number of carbonyl (C=O) groups excluding carboxylic acids is 2. The van der Waals surface area contributed by atoms with Crippen molar-refractivity contribution in [3.63, 3.8) is 0 Å². The summed E-state index contributed by atoms with van der Waals surface area (Å²) in [7, 11) is 0. The predicted octanol–water partition coefficient (Wildman–Crippen LogP) is 1.92. The normalized spacial score (nSPS) is 24.0. The number of carbonyl (C=O) groups is 2. The summed E-state index contributed by atoms with van der Waals surface area (Å²) >= 11 is 0. The number of hydrogen-bond donors (Lipinski definition) is 3. The Morgan fingerprint density at radius 3 is 2.50 bits per heavy atom. The molecule has 0 radical (unpaired) electrons. The van der Waals surface area contributed by atoms with Crippen molar-refractivity contribution < 1.29 is 14.7 Å². The summed E-state index contributed by atoms with van der Waals surface area (Å²) in [4.78, 5) is 25.5. The van der Waals surface area contributed by atoms with Crippen molar-refractivity contribution in [3.8, 4) is 0 Å². The number of rotatable bonds is 4. The summed E-state index contributed by atoms with van der Waals surface area (Å²) in [6, 6.07) is 7.73. The fourth-order valence-corrected chi connectivity index (χ4v) is 3.35. The molecule has 1 aromatic carbocycles. The van der Waals surface area contributed by atoms with Crippen LogP contribution in [-0.4, -0.2) is 35.7 Å². The van der Waals surface area contributed by atoms with Gasteiger partial charge in [-0.15, -0.1) is 0 Å².